The highest BCUT2D eigenvalue weighted by Crippen LogP contribution is 2.34. The third-order valence-corrected chi connectivity index (χ3v) is 5.48. The van der Waals surface area contributed by atoms with Crippen LogP contribution in [0, 0.1) is 5.92 Å². The molecule has 8 heteroatoms. The zero-order valence-electron chi connectivity index (χ0n) is 15.9. The lowest BCUT2D eigenvalue weighted by molar-refractivity contribution is -0.153. The normalized spacial score (nSPS) is 21.6. The fourth-order valence-electron chi connectivity index (χ4n) is 4.02. The number of piperidine rings is 1. The minimum absolute atomic E-state index is 0.0111. The number of halogens is 2. The summed E-state index contributed by atoms with van der Waals surface area (Å²) in [4.78, 5) is 28.8. The summed E-state index contributed by atoms with van der Waals surface area (Å²) < 4.78 is 28.6. The minimum atomic E-state index is -3.17. The highest BCUT2D eigenvalue weighted by Gasteiger charge is 2.47. The van der Waals surface area contributed by atoms with Gasteiger partial charge in [0.2, 0.25) is 0 Å². The predicted molar refractivity (Wildman–Crippen MR) is 101 cm³/mol. The van der Waals surface area contributed by atoms with Crippen LogP contribution in [0.3, 0.4) is 0 Å². The van der Waals surface area contributed by atoms with Crippen molar-refractivity contribution in [2.45, 2.75) is 50.9 Å². The molecule has 0 radical (unpaired) electrons. The lowest BCUT2D eigenvalue weighted by Gasteiger charge is -2.36. The first-order valence-corrected chi connectivity index (χ1v) is 9.92. The van der Waals surface area contributed by atoms with Gasteiger partial charge in [0.05, 0.1) is 19.0 Å². The summed E-state index contributed by atoms with van der Waals surface area (Å²) >= 11 is 0. The summed E-state index contributed by atoms with van der Waals surface area (Å²) in [7, 11) is 0. The average Bonchev–Trinajstić information content (AvgIpc) is 2.63. The van der Waals surface area contributed by atoms with E-state index in [1.54, 1.807) is 0 Å². The van der Waals surface area contributed by atoms with Gasteiger partial charge in [-0.05, 0) is 56.7 Å². The maximum Gasteiger partial charge on any atom is 0.317 e. The molecule has 6 nitrogen and oxygen atoms in total. The number of carboxylic acid groups (broad SMARTS) is 1. The number of carbonyl (C=O) groups excluding carboxylic acids is 1. The van der Waals surface area contributed by atoms with Crippen LogP contribution >= 0.6 is 0 Å². The van der Waals surface area contributed by atoms with Crippen molar-refractivity contribution in [2.24, 2.45) is 5.92 Å². The molecule has 1 unspecified atom stereocenters. The second kappa shape index (κ2) is 8.94. The van der Waals surface area contributed by atoms with Gasteiger partial charge in [0, 0.05) is 18.7 Å². The molecule has 28 heavy (non-hydrogen) atoms. The number of hydrogen-bond acceptors (Lipinski definition) is 5. The molecule has 2 aliphatic rings. The van der Waals surface area contributed by atoms with E-state index in [1.807, 2.05) is 6.07 Å². The van der Waals surface area contributed by atoms with E-state index in [-0.39, 0.29) is 19.4 Å². The van der Waals surface area contributed by atoms with E-state index in [1.165, 1.54) is 10.5 Å². The topological polar surface area (TPSA) is 82.5 Å². The number of carboxylic acids is 1. The van der Waals surface area contributed by atoms with Crippen LogP contribution in [0.4, 0.5) is 14.6 Å². The molecule has 1 aromatic heterocycles. The number of carbonyl (C=O) groups is 2. The number of alkyl halides is 2. The van der Waals surface area contributed by atoms with E-state index >= 15 is 0 Å². The first kappa shape index (κ1) is 20.6. The van der Waals surface area contributed by atoms with Crippen LogP contribution < -0.4 is 5.32 Å². The van der Waals surface area contributed by atoms with Crippen LogP contribution in [-0.4, -0.2) is 58.8 Å². The zero-order valence-corrected chi connectivity index (χ0v) is 15.9. The van der Waals surface area contributed by atoms with Gasteiger partial charge in [0.15, 0.2) is 0 Å². The van der Waals surface area contributed by atoms with Crippen molar-refractivity contribution in [2.75, 3.05) is 31.5 Å². The number of rotatable bonds is 8. The van der Waals surface area contributed by atoms with Gasteiger partial charge in [0.1, 0.15) is 11.6 Å². The second-order valence-corrected chi connectivity index (χ2v) is 7.72. The van der Waals surface area contributed by atoms with Gasteiger partial charge >= 0.3 is 5.97 Å². The molecular formula is C20H27F2N3O3. The summed E-state index contributed by atoms with van der Waals surface area (Å²) in [6.45, 7) is 0.0582. The van der Waals surface area contributed by atoms with Gasteiger partial charge < -0.3 is 10.4 Å². The lowest BCUT2D eigenvalue weighted by atomic mass is 9.86. The van der Waals surface area contributed by atoms with Gasteiger partial charge in [-0.3, -0.25) is 14.5 Å². The van der Waals surface area contributed by atoms with Crippen molar-refractivity contribution >= 4 is 17.6 Å². The SMILES string of the molecule is O=C(O)CN1CCC(C(=O)CCCCc2ccc3c(n2)NCCC3)C(F)(F)C1. The summed E-state index contributed by atoms with van der Waals surface area (Å²) in [6.07, 6.45) is 4.27. The number of anilines is 1. The molecule has 1 atom stereocenters. The number of hydrogen-bond donors (Lipinski definition) is 2. The van der Waals surface area contributed by atoms with E-state index in [0.717, 1.165) is 43.7 Å². The van der Waals surface area contributed by atoms with Crippen LogP contribution in [0.1, 0.15) is 43.4 Å². The molecule has 3 heterocycles. The van der Waals surface area contributed by atoms with Crippen molar-refractivity contribution in [3.05, 3.63) is 23.4 Å². The molecule has 2 N–H and O–H groups in total. The molecule has 0 aliphatic carbocycles. The number of nitrogens with one attached hydrogen (secondary N) is 1. The standard InChI is InChI=1S/C20H27F2N3O3/c21-20(22)13-25(12-18(27)28)11-9-16(20)17(26)6-2-1-5-15-8-7-14-4-3-10-23-19(14)24-15/h7-8,16H,1-6,9-13H2,(H,23,24)(H,27,28). The molecule has 2 aliphatic heterocycles. The average molecular weight is 395 g/mol. The largest absolute Gasteiger partial charge is 0.480 e. The number of aromatic nitrogens is 1. The van der Waals surface area contributed by atoms with Crippen LogP contribution in [-0.2, 0) is 22.4 Å². The Morgan fingerprint density at radius 2 is 2.14 bits per heavy atom. The van der Waals surface area contributed by atoms with Crippen LogP contribution in [0.25, 0.3) is 0 Å². The minimum Gasteiger partial charge on any atom is -0.480 e. The summed E-state index contributed by atoms with van der Waals surface area (Å²) in [5.41, 5.74) is 2.18. The van der Waals surface area contributed by atoms with Gasteiger partial charge in [-0.25, -0.2) is 13.8 Å². The molecule has 154 valence electrons. The van der Waals surface area contributed by atoms with Gasteiger partial charge in [-0.15, -0.1) is 0 Å². The first-order chi connectivity index (χ1) is 13.3. The number of pyridine rings is 1. The zero-order chi connectivity index (χ0) is 20.1. The smallest absolute Gasteiger partial charge is 0.317 e. The number of nitrogens with zero attached hydrogens (tertiary/aromatic N) is 2. The first-order valence-electron chi connectivity index (χ1n) is 9.92. The number of likely N-dealkylation sites (tertiary alicyclic amines) is 1. The van der Waals surface area contributed by atoms with Crippen molar-refractivity contribution in [1.29, 1.82) is 0 Å². The Morgan fingerprint density at radius 3 is 2.89 bits per heavy atom. The van der Waals surface area contributed by atoms with Crippen molar-refractivity contribution in [3.63, 3.8) is 0 Å². The Labute approximate surface area is 163 Å². The molecular weight excluding hydrogens is 368 g/mol. The maximum atomic E-state index is 14.3. The number of ketones is 1. The Kier molecular flexibility index (Phi) is 6.59. The van der Waals surface area contributed by atoms with Crippen molar-refractivity contribution in [1.82, 2.24) is 9.88 Å². The van der Waals surface area contributed by atoms with E-state index < -0.39 is 36.7 Å². The number of aryl methyl sites for hydroxylation is 2. The fourth-order valence-corrected chi connectivity index (χ4v) is 4.02. The van der Waals surface area contributed by atoms with Crippen LogP contribution in [0.2, 0.25) is 0 Å². The molecule has 1 saturated heterocycles. The summed E-state index contributed by atoms with van der Waals surface area (Å²) in [6, 6.07) is 4.08. The van der Waals surface area contributed by atoms with Gasteiger partial charge in [0.25, 0.3) is 5.92 Å². The Hall–Kier alpha value is -2.09. The maximum absolute atomic E-state index is 14.3. The Morgan fingerprint density at radius 1 is 1.32 bits per heavy atom. The number of aliphatic carboxylic acids is 1. The van der Waals surface area contributed by atoms with Crippen molar-refractivity contribution in [3.8, 4) is 0 Å². The number of Topliss-reactive ketones (excluding diaryl/α,β-unsaturated/α-hetero) is 1. The van der Waals surface area contributed by atoms with Crippen molar-refractivity contribution < 1.29 is 23.5 Å². The Bertz CT molecular complexity index is 727. The molecule has 1 aromatic rings. The number of unbranched alkanes of at least 4 members (excludes halogenated alkanes) is 1. The Balaban J connectivity index is 1.43. The molecule has 0 saturated carbocycles. The van der Waals surface area contributed by atoms with E-state index in [9.17, 15) is 18.4 Å². The van der Waals surface area contributed by atoms with E-state index in [0.29, 0.717) is 6.42 Å². The monoisotopic (exact) mass is 395 g/mol. The summed E-state index contributed by atoms with van der Waals surface area (Å²) in [5.74, 6) is -5.08. The van der Waals surface area contributed by atoms with Gasteiger partial charge in [-0.1, -0.05) is 6.07 Å². The molecule has 0 spiro atoms. The lowest BCUT2D eigenvalue weighted by Crippen LogP contribution is -2.52. The van der Waals surface area contributed by atoms with E-state index in [4.69, 9.17) is 5.11 Å². The molecule has 0 amide bonds. The highest BCUT2D eigenvalue weighted by molar-refractivity contribution is 5.82. The molecule has 0 aromatic carbocycles. The molecule has 3 rings (SSSR count). The fraction of sp³-hybridized carbons (Fsp3) is 0.650. The second-order valence-electron chi connectivity index (χ2n) is 7.72. The predicted octanol–water partition coefficient (Wildman–Crippen LogP) is 2.76. The third kappa shape index (κ3) is 5.25. The number of fused-ring (bicyclic) bond motifs is 1. The van der Waals surface area contributed by atoms with Gasteiger partial charge in [-0.2, -0.15) is 0 Å². The molecule has 0 bridgehead atoms. The van der Waals surface area contributed by atoms with Crippen LogP contribution in [0.5, 0.6) is 0 Å². The summed E-state index contributed by atoms with van der Waals surface area (Å²) in [5, 5.41) is 12.0. The highest BCUT2D eigenvalue weighted by atomic mass is 19.3. The quantitative estimate of drug-likeness (QED) is 0.659. The van der Waals surface area contributed by atoms with E-state index in [2.05, 4.69) is 16.4 Å². The molecule has 1 fully saturated rings. The third-order valence-electron chi connectivity index (χ3n) is 5.48. The van der Waals surface area contributed by atoms with Crippen LogP contribution in [0.15, 0.2) is 12.1 Å².